The fraction of sp³-hybridized carbons (Fsp3) is 0.350. The molecule has 3 heterocycles. The number of fused-ring (bicyclic) bond motifs is 1. The molecule has 0 unspecified atom stereocenters. The maximum Gasteiger partial charge on any atom is 0.314 e. The lowest BCUT2D eigenvalue weighted by molar-refractivity contribution is -0.149. The van der Waals surface area contributed by atoms with Crippen LogP contribution in [0.4, 0.5) is 11.5 Å². The lowest BCUT2D eigenvalue weighted by Gasteiger charge is -2.22. The minimum Gasteiger partial charge on any atom is -0.481 e. The van der Waals surface area contributed by atoms with E-state index in [0.29, 0.717) is 31.1 Å². The number of benzene rings is 1. The zero-order valence-electron chi connectivity index (χ0n) is 15.0. The second kappa shape index (κ2) is 6.66. The van der Waals surface area contributed by atoms with Crippen molar-refractivity contribution in [3.63, 3.8) is 0 Å². The lowest BCUT2D eigenvalue weighted by atomic mass is 9.81. The number of amides is 1. The van der Waals surface area contributed by atoms with Crippen LogP contribution in [-0.2, 0) is 9.53 Å². The fourth-order valence-corrected chi connectivity index (χ4v) is 3.76. The number of aromatic nitrogens is 1. The molecule has 2 fully saturated rings. The molecule has 0 saturated carbocycles. The van der Waals surface area contributed by atoms with E-state index in [4.69, 9.17) is 4.74 Å². The normalized spacial score (nSPS) is 23.9. The molecule has 1 amide bonds. The van der Waals surface area contributed by atoms with E-state index in [1.807, 2.05) is 36.1 Å². The number of nitrogens with zero attached hydrogens (tertiary/aromatic N) is 2. The van der Waals surface area contributed by atoms with E-state index >= 15 is 0 Å². The van der Waals surface area contributed by atoms with Crippen LogP contribution in [0.2, 0.25) is 0 Å². The number of aliphatic carboxylic acids is 1. The fourth-order valence-electron chi connectivity index (χ4n) is 3.76. The Morgan fingerprint density at radius 3 is 2.67 bits per heavy atom. The number of carbonyl (C=O) groups is 2. The van der Waals surface area contributed by atoms with Crippen molar-refractivity contribution in [3.05, 3.63) is 53.7 Å². The molecule has 1 aromatic carbocycles. The second-order valence-electron chi connectivity index (χ2n) is 7.28. The molecule has 140 valence electrons. The molecule has 4 rings (SSSR count). The molecule has 0 spiro atoms. The zero-order valence-corrected chi connectivity index (χ0v) is 15.0. The number of aryl methyl sites for hydroxylation is 1. The summed E-state index contributed by atoms with van der Waals surface area (Å²) in [5.41, 5.74) is 1.45. The van der Waals surface area contributed by atoms with Crippen LogP contribution in [0, 0.1) is 18.3 Å². The molecular formula is C20H21N3O4. The molecule has 0 aliphatic carbocycles. The molecule has 0 radical (unpaired) electrons. The first-order valence-corrected chi connectivity index (χ1v) is 8.88. The number of carboxylic acid groups (broad SMARTS) is 1. The molecule has 0 bridgehead atoms. The Morgan fingerprint density at radius 1 is 1.26 bits per heavy atom. The maximum absolute atomic E-state index is 12.4. The molecule has 1 aromatic heterocycles. The number of carbonyl (C=O) groups excluding carboxylic acids is 1. The highest BCUT2D eigenvalue weighted by Gasteiger charge is 2.56. The Kier molecular flexibility index (Phi) is 4.31. The average molecular weight is 367 g/mol. The predicted molar refractivity (Wildman–Crippen MR) is 100.0 cm³/mol. The Morgan fingerprint density at radius 2 is 2.04 bits per heavy atom. The SMILES string of the molecule is Cc1ccc(NC(=O)c2ccc(N3C[C@@H]4COC[C@]4(C(=O)O)C3)nc2)cc1. The van der Waals surface area contributed by atoms with Crippen LogP contribution in [-0.4, -0.2) is 48.3 Å². The van der Waals surface area contributed by atoms with Gasteiger partial charge in [0, 0.05) is 30.9 Å². The standard InChI is InChI=1S/C20H21N3O4/c1-13-2-5-16(6-3-13)22-18(24)14-4-7-17(21-8-14)23-9-15-10-27-12-20(15,11-23)19(25)26/h2-8,15H,9-12H2,1H3,(H,22,24)(H,25,26)/t15-,20-/m1/s1. The largest absolute Gasteiger partial charge is 0.481 e. The first-order chi connectivity index (χ1) is 13.0. The smallest absolute Gasteiger partial charge is 0.314 e. The van der Waals surface area contributed by atoms with Gasteiger partial charge in [0.25, 0.3) is 5.91 Å². The molecule has 2 N–H and O–H groups in total. The number of pyridine rings is 1. The van der Waals surface area contributed by atoms with Crippen molar-refractivity contribution in [2.45, 2.75) is 6.92 Å². The van der Waals surface area contributed by atoms with Gasteiger partial charge in [-0.25, -0.2) is 4.98 Å². The van der Waals surface area contributed by atoms with Crippen LogP contribution in [0.1, 0.15) is 15.9 Å². The first-order valence-electron chi connectivity index (χ1n) is 8.88. The molecular weight excluding hydrogens is 346 g/mol. The minimum absolute atomic E-state index is 0.0405. The van der Waals surface area contributed by atoms with Crippen LogP contribution < -0.4 is 10.2 Å². The van der Waals surface area contributed by atoms with Crippen molar-refractivity contribution in [1.29, 1.82) is 0 Å². The summed E-state index contributed by atoms with van der Waals surface area (Å²) in [7, 11) is 0. The van der Waals surface area contributed by atoms with Crippen molar-refractivity contribution in [1.82, 2.24) is 4.98 Å². The third-order valence-corrected chi connectivity index (χ3v) is 5.44. The van der Waals surface area contributed by atoms with Gasteiger partial charge in [-0.05, 0) is 31.2 Å². The van der Waals surface area contributed by atoms with Crippen LogP contribution in [0.25, 0.3) is 0 Å². The van der Waals surface area contributed by atoms with Gasteiger partial charge in [-0.15, -0.1) is 0 Å². The van der Waals surface area contributed by atoms with Crippen molar-refractivity contribution in [2.24, 2.45) is 11.3 Å². The summed E-state index contributed by atoms with van der Waals surface area (Å²) in [6.45, 7) is 3.64. The average Bonchev–Trinajstić information content (AvgIpc) is 3.22. The highest BCUT2D eigenvalue weighted by atomic mass is 16.5. The van der Waals surface area contributed by atoms with E-state index < -0.39 is 11.4 Å². The number of anilines is 2. The third-order valence-electron chi connectivity index (χ3n) is 5.44. The highest BCUT2D eigenvalue weighted by Crippen LogP contribution is 2.42. The van der Waals surface area contributed by atoms with Gasteiger partial charge in [0.2, 0.25) is 0 Å². The summed E-state index contributed by atoms with van der Waals surface area (Å²) in [6.07, 6.45) is 1.52. The summed E-state index contributed by atoms with van der Waals surface area (Å²) in [5, 5.41) is 12.5. The molecule has 2 atom stereocenters. The van der Waals surface area contributed by atoms with Crippen molar-refractivity contribution < 1.29 is 19.4 Å². The summed E-state index contributed by atoms with van der Waals surface area (Å²) >= 11 is 0. The molecule has 2 aliphatic rings. The van der Waals surface area contributed by atoms with E-state index in [1.54, 1.807) is 12.1 Å². The number of nitrogens with one attached hydrogen (secondary N) is 1. The van der Waals surface area contributed by atoms with E-state index in [2.05, 4.69) is 10.3 Å². The lowest BCUT2D eigenvalue weighted by Crippen LogP contribution is -2.39. The second-order valence-corrected chi connectivity index (χ2v) is 7.28. The van der Waals surface area contributed by atoms with Gasteiger partial charge in [0.1, 0.15) is 11.2 Å². The Labute approximate surface area is 157 Å². The number of ether oxygens (including phenoxy) is 1. The van der Waals surface area contributed by atoms with Crippen molar-refractivity contribution in [3.8, 4) is 0 Å². The van der Waals surface area contributed by atoms with Gasteiger partial charge in [-0.1, -0.05) is 17.7 Å². The zero-order chi connectivity index (χ0) is 19.0. The summed E-state index contributed by atoms with van der Waals surface area (Å²) in [6, 6.07) is 11.1. The van der Waals surface area contributed by atoms with Gasteiger partial charge < -0.3 is 20.1 Å². The molecule has 2 saturated heterocycles. The van der Waals surface area contributed by atoms with E-state index in [1.165, 1.54) is 6.20 Å². The predicted octanol–water partition coefficient (Wildman–Crippen LogP) is 2.18. The summed E-state index contributed by atoms with van der Waals surface area (Å²) < 4.78 is 5.39. The van der Waals surface area contributed by atoms with Crippen LogP contribution in [0.15, 0.2) is 42.6 Å². The van der Waals surface area contributed by atoms with Gasteiger partial charge in [-0.2, -0.15) is 0 Å². The monoisotopic (exact) mass is 367 g/mol. The molecule has 2 aliphatic heterocycles. The molecule has 7 nitrogen and oxygen atoms in total. The Balaban J connectivity index is 1.46. The Hall–Kier alpha value is -2.93. The van der Waals surface area contributed by atoms with Crippen LogP contribution in [0.3, 0.4) is 0 Å². The first kappa shape index (κ1) is 17.5. The van der Waals surface area contributed by atoms with Crippen molar-refractivity contribution in [2.75, 3.05) is 36.5 Å². The van der Waals surface area contributed by atoms with Crippen LogP contribution >= 0.6 is 0 Å². The summed E-state index contributed by atoms with van der Waals surface area (Å²) in [5.74, 6) is -0.411. The highest BCUT2D eigenvalue weighted by molar-refractivity contribution is 6.04. The molecule has 27 heavy (non-hydrogen) atoms. The number of carboxylic acids is 1. The number of hydrogen-bond donors (Lipinski definition) is 2. The molecule has 2 aromatic rings. The Bertz CT molecular complexity index is 866. The van der Waals surface area contributed by atoms with E-state index in [9.17, 15) is 14.7 Å². The van der Waals surface area contributed by atoms with Crippen LogP contribution in [0.5, 0.6) is 0 Å². The van der Waals surface area contributed by atoms with Gasteiger partial charge in [0.05, 0.1) is 18.8 Å². The van der Waals surface area contributed by atoms with Crippen molar-refractivity contribution >= 4 is 23.4 Å². The molecule has 7 heteroatoms. The van der Waals surface area contributed by atoms with E-state index in [0.717, 1.165) is 11.3 Å². The minimum atomic E-state index is -0.858. The quantitative estimate of drug-likeness (QED) is 0.861. The maximum atomic E-state index is 12.4. The summed E-state index contributed by atoms with van der Waals surface area (Å²) in [4.78, 5) is 30.5. The van der Waals surface area contributed by atoms with E-state index in [-0.39, 0.29) is 18.4 Å². The topological polar surface area (TPSA) is 91.8 Å². The van der Waals surface area contributed by atoms with Gasteiger partial charge in [-0.3, -0.25) is 9.59 Å². The number of rotatable bonds is 4. The van der Waals surface area contributed by atoms with Gasteiger partial charge in [0.15, 0.2) is 0 Å². The number of hydrogen-bond acceptors (Lipinski definition) is 5. The van der Waals surface area contributed by atoms with Gasteiger partial charge >= 0.3 is 5.97 Å². The third kappa shape index (κ3) is 3.14.